The molecule has 1 aliphatic heterocycles. The highest BCUT2D eigenvalue weighted by molar-refractivity contribution is 5.91. The molecule has 1 saturated heterocycles. The average Bonchev–Trinajstić information content (AvgIpc) is 2.87. The summed E-state index contributed by atoms with van der Waals surface area (Å²) in [5.74, 6) is 0.380. The summed E-state index contributed by atoms with van der Waals surface area (Å²) in [6.07, 6.45) is 1.42. The lowest BCUT2D eigenvalue weighted by atomic mass is 9.79. The van der Waals surface area contributed by atoms with Gasteiger partial charge in [-0.3, -0.25) is 9.69 Å². The third kappa shape index (κ3) is 6.60. The predicted molar refractivity (Wildman–Crippen MR) is 132 cm³/mol. The Labute approximate surface area is 213 Å². The zero-order valence-corrected chi connectivity index (χ0v) is 21.0. The van der Waals surface area contributed by atoms with Gasteiger partial charge in [-0.15, -0.1) is 0 Å². The zero-order chi connectivity index (χ0) is 26.6. The minimum absolute atomic E-state index is 0.0374. The van der Waals surface area contributed by atoms with Crippen molar-refractivity contribution < 1.29 is 27.5 Å². The Kier molecular flexibility index (Phi) is 8.35. The number of rotatable bonds is 8. The maximum absolute atomic E-state index is 13.1. The van der Waals surface area contributed by atoms with Crippen molar-refractivity contribution in [2.24, 2.45) is 5.92 Å². The van der Waals surface area contributed by atoms with Crippen LogP contribution in [0.5, 0.6) is 0 Å². The second kappa shape index (κ2) is 11.5. The Bertz CT molecular complexity index is 1100. The Balaban J connectivity index is 1.21. The molecule has 0 bridgehead atoms. The minimum Gasteiger partial charge on any atom is -0.453 e. The summed E-state index contributed by atoms with van der Waals surface area (Å²) in [4.78, 5) is 34.5. The van der Waals surface area contributed by atoms with E-state index in [0.717, 1.165) is 57.3 Å². The van der Waals surface area contributed by atoms with Crippen molar-refractivity contribution >= 4 is 28.7 Å². The molecule has 3 N–H and O–H groups in total. The molecule has 9 nitrogen and oxygen atoms in total. The molecule has 0 radical (unpaired) electrons. The summed E-state index contributed by atoms with van der Waals surface area (Å²) in [5, 5.41) is 8.98. The number of carbonyl (C=O) groups is 2. The molecule has 1 unspecified atom stereocenters. The third-order valence-electron chi connectivity index (χ3n) is 7.41. The Morgan fingerprint density at radius 3 is 2.54 bits per heavy atom. The van der Waals surface area contributed by atoms with Gasteiger partial charge in [0.15, 0.2) is 0 Å². The number of halogens is 3. The number of hydrogen-bond acceptors (Lipinski definition) is 7. The van der Waals surface area contributed by atoms with Gasteiger partial charge in [0.1, 0.15) is 12.1 Å². The fourth-order valence-electron chi connectivity index (χ4n) is 5.35. The smallest absolute Gasteiger partial charge is 0.416 e. The van der Waals surface area contributed by atoms with Crippen LogP contribution < -0.4 is 16.0 Å². The van der Waals surface area contributed by atoms with Crippen molar-refractivity contribution in [1.82, 2.24) is 25.5 Å². The van der Waals surface area contributed by atoms with Crippen molar-refractivity contribution in [3.63, 3.8) is 0 Å². The predicted octanol–water partition coefficient (Wildman–Crippen LogP) is 3.55. The van der Waals surface area contributed by atoms with Gasteiger partial charge in [0, 0.05) is 30.6 Å². The Morgan fingerprint density at radius 2 is 1.89 bits per heavy atom. The number of ether oxygens (including phenoxy) is 1. The van der Waals surface area contributed by atoms with E-state index in [1.165, 1.54) is 19.5 Å². The first-order chi connectivity index (χ1) is 17.7. The van der Waals surface area contributed by atoms with Gasteiger partial charge < -0.3 is 20.7 Å². The van der Waals surface area contributed by atoms with E-state index < -0.39 is 11.7 Å². The van der Waals surface area contributed by atoms with Gasteiger partial charge in [-0.1, -0.05) is 6.92 Å². The number of methoxy groups -OCH3 is 1. The number of benzene rings is 1. The molecule has 37 heavy (non-hydrogen) atoms. The first kappa shape index (κ1) is 26.9. The monoisotopic (exact) mass is 522 g/mol. The number of aromatic nitrogens is 2. The topological polar surface area (TPSA) is 108 Å². The standard InChI is InChI=1S/C25H33F3N6O3/c1-3-20(33-24(36)37-2)15-4-7-18(8-5-15)34-12-17(13-34)32-22(35)11-29-23-19-10-16(25(26,27)28)6-9-21(19)30-14-31-23/h6,9-10,14-15,17-18,20H,3-5,7-8,11-13H2,1-2H3,(H,32,35)(H,33,36)(H,29,30,31)/t15-,18+,20?. The number of fused-ring (bicyclic) bond motifs is 1. The molecular formula is C25H33F3N6O3. The molecule has 2 fully saturated rings. The molecule has 12 heteroatoms. The molecule has 202 valence electrons. The quantitative estimate of drug-likeness (QED) is 0.487. The van der Waals surface area contributed by atoms with E-state index >= 15 is 0 Å². The fourth-order valence-corrected chi connectivity index (χ4v) is 5.35. The molecule has 1 aromatic carbocycles. The molecule has 1 aromatic heterocycles. The van der Waals surface area contributed by atoms with E-state index in [9.17, 15) is 22.8 Å². The maximum Gasteiger partial charge on any atom is 0.416 e. The van der Waals surface area contributed by atoms with E-state index in [0.29, 0.717) is 17.5 Å². The highest BCUT2D eigenvalue weighted by Gasteiger charge is 2.37. The summed E-state index contributed by atoms with van der Waals surface area (Å²) in [6.45, 7) is 3.50. The lowest BCUT2D eigenvalue weighted by Gasteiger charge is -2.47. The number of alkyl halides is 3. The zero-order valence-electron chi connectivity index (χ0n) is 21.0. The second-order valence-corrected chi connectivity index (χ2v) is 9.74. The van der Waals surface area contributed by atoms with Crippen molar-refractivity contribution in [2.45, 2.75) is 63.3 Å². The molecular weight excluding hydrogens is 489 g/mol. The summed E-state index contributed by atoms with van der Waals surface area (Å²) < 4.78 is 44.0. The summed E-state index contributed by atoms with van der Waals surface area (Å²) in [7, 11) is 1.37. The van der Waals surface area contributed by atoms with Gasteiger partial charge in [0.05, 0.1) is 30.8 Å². The van der Waals surface area contributed by atoms with Gasteiger partial charge in [-0.2, -0.15) is 13.2 Å². The Hall–Kier alpha value is -3.15. The van der Waals surface area contributed by atoms with Crippen LogP contribution in [0.25, 0.3) is 10.9 Å². The van der Waals surface area contributed by atoms with Crippen LogP contribution in [-0.4, -0.2) is 71.7 Å². The van der Waals surface area contributed by atoms with Crippen LogP contribution in [0.2, 0.25) is 0 Å². The lowest BCUT2D eigenvalue weighted by molar-refractivity contribution is -0.137. The molecule has 1 aliphatic carbocycles. The minimum atomic E-state index is -4.48. The molecule has 0 spiro atoms. The number of alkyl carbamates (subject to hydrolysis) is 1. The molecule has 2 amide bonds. The highest BCUT2D eigenvalue weighted by Crippen LogP contribution is 2.33. The van der Waals surface area contributed by atoms with Crippen LogP contribution in [0, 0.1) is 5.92 Å². The van der Waals surface area contributed by atoms with Crippen LogP contribution in [0.1, 0.15) is 44.6 Å². The second-order valence-electron chi connectivity index (χ2n) is 9.74. The largest absolute Gasteiger partial charge is 0.453 e. The molecule has 1 saturated carbocycles. The van der Waals surface area contributed by atoms with Crippen LogP contribution >= 0.6 is 0 Å². The maximum atomic E-state index is 13.1. The van der Waals surface area contributed by atoms with E-state index in [1.54, 1.807) is 0 Å². The number of nitrogens with one attached hydrogen (secondary N) is 3. The molecule has 4 rings (SSSR count). The summed E-state index contributed by atoms with van der Waals surface area (Å²) >= 11 is 0. The molecule has 2 heterocycles. The van der Waals surface area contributed by atoms with Gasteiger partial charge in [-0.25, -0.2) is 14.8 Å². The first-order valence-corrected chi connectivity index (χ1v) is 12.6. The van der Waals surface area contributed by atoms with Gasteiger partial charge >= 0.3 is 12.3 Å². The van der Waals surface area contributed by atoms with Crippen molar-refractivity contribution in [2.75, 3.05) is 32.1 Å². The van der Waals surface area contributed by atoms with Crippen molar-refractivity contribution in [3.8, 4) is 0 Å². The first-order valence-electron chi connectivity index (χ1n) is 12.6. The van der Waals surface area contributed by atoms with E-state index in [-0.39, 0.29) is 41.8 Å². The van der Waals surface area contributed by atoms with E-state index in [1.807, 2.05) is 0 Å². The molecule has 2 aliphatic rings. The van der Waals surface area contributed by atoms with E-state index in [2.05, 4.69) is 37.7 Å². The van der Waals surface area contributed by atoms with E-state index in [4.69, 9.17) is 4.74 Å². The molecule has 1 atom stereocenters. The van der Waals surface area contributed by atoms with Crippen LogP contribution in [0.3, 0.4) is 0 Å². The van der Waals surface area contributed by atoms with Crippen LogP contribution in [0.15, 0.2) is 24.5 Å². The van der Waals surface area contributed by atoms with Gasteiger partial charge in [0.25, 0.3) is 0 Å². The van der Waals surface area contributed by atoms with Crippen LogP contribution in [0.4, 0.5) is 23.8 Å². The SMILES string of the molecule is CCC(NC(=O)OC)[C@H]1CC[C@@H](N2CC(NC(=O)CNc3ncnc4ccc(C(F)(F)F)cc34)C2)CC1. The molecule has 2 aromatic rings. The normalized spacial score (nSPS) is 21.6. The number of anilines is 1. The number of amides is 2. The van der Waals surface area contributed by atoms with Crippen molar-refractivity contribution in [3.05, 3.63) is 30.1 Å². The fraction of sp³-hybridized carbons (Fsp3) is 0.600. The number of nitrogens with zero attached hydrogens (tertiary/aromatic N) is 3. The summed E-state index contributed by atoms with van der Waals surface area (Å²) in [5.41, 5.74) is -0.433. The summed E-state index contributed by atoms with van der Waals surface area (Å²) in [6, 6.07) is 3.88. The highest BCUT2D eigenvalue weighted by atomic mass is 19.4. The third-order valence-corrected chi connectivity index (χ3v) is 7.41. The van der Waals surface area contributed by atoms with Crippen LogP contribution in [-0.2, 0) is 15.7 Å². The number of hydrogen-bond donors (Lipinski definition) is 3. The average molecular weight is 523 g/mol. The number of likely N-dealkylation sites (tertiary alicyclic amines) is 1. The lowest BCUT2D eigenvalue weighted by Crippen LogP contribution is -2.63. The van der Waals surface area contributed by atoms with Gasteiger partial charge in [0.2, 0.25) is 5.91 Å². The van der Waals surface area contributed by atoms with Crippen molar-refractivity contribution in [1.29, 1.82) is 0 Å². The number of carbonyl (C=O) groups excluding carboxylic acids is 2. The van der Waals surface area contributed by atoms with Gasteiger partial charge in [-0.05, 0) is 56.2 Å². The Morgan fingerprint density at radius 1 is 1.16 bits per heavy atom.